The van der Waals surface area contributed by atoms with Gasteiger partial charge in [-0.3, -0.25) is 0 Å². The molecule has 4 aromatic carbocycles. The molecule has 4 N–H and O–H groups in total. The van der Waals surface area contributed by atoms with Crippen molar-refractivity contribution in [1.82, 2.24) is 0 Å². The number of hydrogen-bond acceptors (Lipinski definition) is 6. The Morgan fingerprint density at radius 1 is 0.362 bits per heavy atom. The highest BCUT2D eigenvalue weighted by molar-refractivity contribution is 7.19. The highest BCUT2D eigenvalue weighted by atomic mass is 32.1. The van der Waals surface area contributed by atoms with Crippen LogP contribution in [0.3, 0.4) is 0 Å². The van der Waals surface area contributed by atoms with Crippen molar-refractivity contribution in [2.45, 2.75) is 132 Å². The maximum atomic E-state index is 11.5. The number of thiophene rings is 2. The molecule has 0 fully saturated rings. The van der Waals surface area contributed by atoms with Crippen LogP contribution in [-0.2, 0) is 10.8 Å². The topological polar surface area (TPSA) is 80.9 Å². The second kappa shape index (κ2) is 18.2. The smallest absolute Gasteiger partial charge is 0.127 e. The summed E-state index contributed by atoms with van der Waals surface area (Å²) in [6, 6.07) is 24.7. The Kier molecular flexibility index (Phi) is 14.0. The summed E-state index contributed by atoms with van der Waals surface area (Å²) in [6.07, 6.45) is 6.00. The second-order valence-electron chi connectivity index (χ2n) is 16.4. The van der Waals surface area contributed by atoms with Gasteiger partial charge in [-0.25, -0.2) is 0 Å². The fourth-order valence-corrected chi connectivity index (χ4v) is 11.0. The maximum absolute atomic E-state index is 11.5. The minimum Gasteiger partial charge on any atom is -0.507 e. The number of hydrogen-bond donors (Lipinski definition) is 4. The average Bonchev–Trinajstić information content (AvgIpc) is 3.90. The summed E-state index contributed by atoms with van der Waals surface area (Å²) in [5.74, 6) is 1.47. The third kappa shape index (κ3) is 8.60. The quantitative estimate of drug-likeness (QED) is 0.0992. The first kappa shape index (κ1) is 44.6. The molecule has 0 bridgehead atoms. The molecule has 0 aliphatic heterocycles. The first-order valence-electron chi connectivity index (χ1n) is 21.0. The summed E-state index contributed by atoms with van der Waals surface area (Å²) >= 11 is 3.23. The van der Waals surface area contributed by atoms with Gasteiger partial charge < -0.3 is 20.4 Å². The molecular weight excluding hydrogens is 753 g/mol. The lowest BCUT2D eigenvalue weighted by Crippen LogP contribution is -2.23. The molecule has 308 valence electrons. The number of aromatic hydroxyl groups is 4. The van der Waals surface area contributed by atoms with E-state index in [1.165, 1.54) is 11.1 Å². The highest BCUT2D eigenvalue weighted by Gasteiger charge is 2.32. The van der Waals surface area contributed by atoms with Gasteiger partial charge >= 0.3 is 0 Å². The molecule has 0 aliphatic carbocycles. The highest BCUT2D eigenvalue weighted by Crippen LogP contribution is 2.50. The third-order valence-corrected chi connectivity index (χ3v) is 15.2. The van der Waals surface area contributed by atoms with Crippen LogP contribution in [0.5, 0.6) is 23.0 Å². The monoisotopic (exact) mass is 816 g/mol. The fraction of sp³-hybridized carbons (Fsp3) is 0.385. The van der Waals surface area contributed by atoms with Crippen LogP contribution >= 0.6 is 22.7 Å². The van der Waals surface area contributed by atoms with Gasteiger partial charge in [-0.15, -0.1) is 22.7 Å². The molecule has 2 heterocycles. The molecule has 6 rings (SSSR count). The van der Waals surface area contributed by atoms with Crippen molar-refractivity contribution in [3.8, 4) is 64.8 Å². The van der Waals surface area contributed by atoms with Crippen LogP contribution in [0.15, 0.2) is 72.8 Å². The van der Waals surface area contributed by atoms with E-state index in [9.17, 15) is 20.4 Å². The summed E-state index contributed by atoms with van der Waals surface area (Å²) in [6.45, 7) is 25.4. The van der Waals surface area contributed by atoms with Gasteiger partial charge in [-0.05, 0) is 173 Å². The van der Waals surface area contributed by atoms with Gasteiger partial charge in [0.15, 0.2) is 0 Å². The predicted molar refractivity (Wildman–Crippen MR) is 251 cm³/mol. The van der Waals surface area contributed by atoms with E-state index >= 15 is 0 Å². The zero-order valence-electron chi connectivity index (χ0n) is 36.8. The van der Waals surface area contributed by atoms with Gasteiger partial charge in [0.2, 0.25) is 0 Å². The molecule has 0 saturated heterocycles. The summed E-state index contributed by atoms with van der Waals surface area (Å²) in [5.41, 5.74) is 11.9. The Labute approximate surface area is 355 Å². The molecule has 58 heavy (non-hydrogen) atoms. The largest absolute Gasteiger partial charge is 0.507 e. The second-order valence-corrected chi connectivity index (χ2v) is 18.6. The Morgan fingerprint density at radius 3 is 0.862 bits per heavy atom. The first-order valence-corrected chi connectivity index (χ1v) is 22.6. The molecule has 4 nitrogen and oxygen atoms in total. The SMILES string of the molecule is CCC(CC)(CC)c1cc(C)cc(-c2ccc(-c3cc(C)cc(C(CC)(CC)CC)c3O)s2)c1O.Cc1cc(C)c(O)c(-c2ccc(-c3cc(C)cc(C)c3O)s2)c1. The van der Waals surface area contributed by atoms with E-state index in [4.69, 9.17) is 0 Å². The summed E-state index contributed by atoms with van der Waals surface area (Å²) in [7, 11) is 0. The van der Waals surface area contributed by atoms with Crippen molar-refractivity contribution in [2.24, 2.45) is 0 Å². The van der Waals surface area contributed by atoms with E-state index in [1.54, 1.807) is 22.7 Å². The van der Waals surface area contributed by atoms with Gasteiger partial charge in [0.1, 0.15) is 23.0 Å². The zero-order valence-corrected chi connectivity index (χ0v) is 38.4. The standard InChI is InChI=1S/C32H44O2S.C20H20O2S/c1-9-31(10-2,11-3)25-19-21(7)17-23(29(25)33)27-15-16-28(35-27)24-18-22(8)20-26(30(24)34)32(12-4,13-5)14-6;1-11-7-13(3)19(21)15(9-11)17-5-6-18(23-17)16-10-12(2)8-14(4)20(16)22/h15-20,33-34H,9-14H2,1-8H3;5-10,21-22H,1-4H3. The maximum Gasteiger partial charge on any atom is 0.127 e. The Hall–Kier alpha value is -4.52. The number of rotatable bonds is 12. The molecule has 0 saturated carbocycles. The fourth-order valence-electron chi connectivity index (χ4n) is 8.93. The number of aryl methyl sites for hydroxylation is 6. The first-order chi connectivity index (χ1) is 27.5. The number of phenols is 4. The van der Waals surface area contributed by atoms with Gasteiger partial charge in [0, 0.05) is 52.9 Å². The van der Waals surface area contributed by atoms with Crippen molar-refractivity contribution < 1.29 is 20.4 Å². The van der Waals surface area contributed by atoms with Gasteiger partial charge in [0.25, 0.3) is 0 Å². The normalized spacial score (nSPS) is 11.8. The molecule has 0 spiro atoms. The van der Waals surface area contributed by atoms with Crippen molar-refractivity contribution >= 4 is 22.7 Å². The van der Waals surface area contributed by atoms with Crippen molar-refractivity contribution in [2.75, 3.05) is 0 Å². The minimum absolute atomic E-state index is 0.0154. The minimum atomic E-state index is -0.0154. The van der Waals surface area contributed by atoms with Crippen LogP contribution in [0.25, 0.3) is 41.8 Å². The lowest BCUT2D eigenvalue weighted by molar-refractivity contribution is 0.358. The van der Waals surface area contributed by atoms with Crippen LogP contribution in [0.2, 0.25) is 0 Å². The molecule has 6 heteroatoms. The van der Waals surface area contributed by atoms with E-state index in [0.717, 1.165) is 114 Å². The van der Waals surface area contributed by atoms with E-state index in [-0.39, 0.29) is 10.8 Å². The molecular formula is C52H64O4S2. The molecule has 6 aromatic rings. The average molecular weight is 817 g/mol. The molecule has 2 aromatic heterocycles. The molecule has 0 aliphatic rings. The van der Waals surface area contributed by atoms with Crippen LogP contribution in [0.4, 0.5) is 0 Å². The Bertz CT molecular complexity index is 2210. The molecule has 0 unspecified atom stereocenters. The van der Waals surface area contributed by atoms with Crippen LogP contribution < -0.4 is 0 Å². The van der Waals surface area contributed by atoms with Crippen LogP contribution in [0, 0.1) is 41.5 Å². The van der Waals surface area contributed by atoms with Crippen molar-refractivity contribution in [3.63, 3.8) is 0 Å². The van der Waals surface area contributed by atoms with Crippen molar-refractivity contribution in [1.29, 1.82) is 0 Å². The molecule has 0 amide bonds. The predicted octanol–water partition coefficient (Wildman–Crippen LogP) is 15.8. The zero-order chi connectivity index (χ0) is 42.7. The van der Waals surface area contributed by atoms with E-state index in [1.807, 2.05) is 64.1 Å². The van der Waals surface area contributed by atoms with E-state index in [2.05, 4.69) is 91.8 Å². The lowest BCUT2D eigenvalue weighted by Gasteiger charge is -2.33. The number of benzene rings is 4. The Balaban J connectivity index is 0.000000240. The van der Waals surface area contributed by atoms with Gasteiger partial charge in [-0.2, -0.15) is 0 Å². The van der Waals surface area contributed by atoms with Crippen LogP contribution in [-0.4, -0.2) is 20.4 Å². The Morgan fingerprint density at radius 2 is 0.603 bits per heavy atom. The summed E-state index contributed by atoms with van der Waals surface area (Å²) in [5, 5.41) is 43.7. The van der Waals surface area contributed by atoms with E-state index in [0.29, 0.717) is 23.0 Å². The lowest BCUT2D eigenvalue weighted by atomic mass is 9.72. The van der Waals surface area contributed by atoms with Gasteiger partial charge in [-0.1, -0.05) is 65.8 Å². The van der Waals surface area contributed by atoms with E-state index < -0.39 is 0 Å². The molecule has 0 atom stereocenters. The van der Waals surface area contributed by atoms with Crippen LogP contribution in [0.1, 0.15) is 125 Å². The third-order valence-electron chi connectivity index (χ3n) is 12.9. The summed E-state index contributed by atoms with van der Waals surface area (Å²) in [4.78, 5) is 4.08. The summed E-state index contributed by atoms with van der Waals surface area (Å²) < 4.78 is 0. The van der Waals surface area contributed by atoms with Gasteiger partial charge in [0.05, 0.1) is 0 Å². The van der Waals surface area contributed by atoms with Crippen molar-refractivity contribution in [3.05, 3.63) is 117 Å². The molecule has 0 radical (unpaired) electrons. The number of phenolic OH excluding ortho intramolecular Hbond substituents is 4.